The largest absolute Gasteiger partial charge is 0.456 e. The number of aromatic nitrogens is 2. The van der Waals surface area contributed by atoms with E-state index in [1.165, 1.54) is 27.6 Å². The molecular formula is C53H32N4O. The standard InChI is InChI=1S/C53H32N4O/c1-53(2)42-21-7-3-15-33(42)36-25-26-45-49(50(36)53)39-18-5-9-23-44(39)56(45)51-31(29-54)13-11-19-37(51)38-20-12-14-32(30-55)52(38)57-43-22-8-4-16-34(43)40-28-48-41(27-46(40)57)35-17-6-10-24-47(35)58-48/h3-28H,1-2H3. The van der Waals surface area contributed by atoms with Gasteiger partial charge in [-0.2, -0.15) is 10.5 Å². The van der Waals surface area contributed by atoms with Crippen LogP contribution in [-0.2, 0) is 5.41 Å². The van der Waals surface area contributed by atoms with E-state index in [1.54, 1.807) is 0 Å². The molecule has 5 nitrogen and oxygen atoms in total. The molecule has 0 amide bonds. The van der Waals surface area contributed by atoms with E-state index >= 15 is 0 Å². The van der Waals surface area contributed by atoms with Crippen molar-refractivity contribution >= 4 is 65.6 Å². The molecule has 0 spiro atoms. The molecule has 0 unspecified atom stereocenters. The van der Waals surface area contributed by atoms with Crippen molar-refractivity contribution in [3.8, 4) is 45.8 Å². The Morgan fingerprint density at radius 2 is 1.03 bits per heavy atom. The number of para-hydroxylation sites is 5. The van der Waals surface area contributed by atoms with Gasteiger partial charge in [-0.25, -0.2) is 0 Å². The molecule has 11 aromatic rings. The van der Waals surface area contributed by atoms with Gasteiger partial charge in [-0.3, -0.25) is 0 Å². The summed E-state index contributed by atoms with van der Waals surface area (Å²) < 4.78 is 10.9. The monoisotopic (exact) mass is 740 g/mol. The number of rotatable bonds is 3. The van der Waals surface area contributed by atoms with E-state index < -0.39 is 0 Å². The van der Waals surface area contributed by atoms with Crippen LogP contribution < -0.4 is 0 Å². The van der Waals surface area contributed by atoms with Gasteiger partial charge in [0.2, 0.25) is 0 Å². The van der Waals surface area contributed by atoms with Gasteiger partial charge in [-0.1, -0.05) is 123 Å². The van der Waals surface area contributed by atoms with Crippen LogP contribution in [0.5, 0.6) is 0 Å². The maximum atomic E-state index is 11.0. The maximum Gasteiger partial charge on any atom is 0.136 e. The first-order chi connectivity index (χ1) is 28.5. The van der Waals surface area contributed by atoms with Crippen LogP contribution in [0.4, 0.5) is 0 Å². The van der Waals surface area contributed by atoms with E-state index in [2.05, 4.69) is 144 Å². The van der Waals surface area contributed by atoms with Crippen LogP contribution in [0.15, 0.2) is 162 Å². The molecule has 12 rings (SSSR count). The van der Waals surface area contributed by atoms with E-state index in [0.29, 0.717) is 11.1 Å². The van der Waals surface area contributed by atoms with Gasteiger partial charge < -0.3 is 13.6 Å². The average molecular weight is 741 g/mol. The summed E-state index contributed by atoms with van der Waals surface area (Å²) in [5.74, 6) is 0. The maximum absolute atomic E-state index is 11.0. The first-order valence-corrected chi connectivity index (χ1v) is 19.6. The molecule has 3 aromatic heterocycles. The molecule has 58 heavy (non-hydrogen) atoms. The van der Waals surface area contributed by atoms with E-state index in [9.17, 15) is 10.5 Å². The minimum Gasteiger partial charge on any atom is -0.456 e. The predicted molar refractivity (Wildman–Crippen MR) is 235 cm³/mol. The highest BCUT2D eigenvalue weighted by Crippen LogP contribution is 2.54. The van der Waals surface area contributed by atoms with Crippen molar-refractivity contribution in [1.29, 1.82) is 10.5 Å². The van der Waals surface area contributed by atoms with Crippen molar-refractivity contribution in [2.45, 2.75) is 19.3 Å². The van der Waals surface area contributed by atoms with Gasteiger partial charge in [0, 0.05) is 48.9 Å². The van der Waals surface area contributed by atoms with Crippen molar-refractivity contribution in [1.82, 2.24) is 9.13 Å². The van der Waals surface area contributed by atoms with Crippen molar-refractivity contribution in [3.05, 3.63) is 180 Å². The number of benzene rings is 8. The lowest BCUT2D eigenvalue weighted by Crippen LogP contribution is -2.15. The molecule has 1 aliphatic carbocycles. The number of hydrogen-bond acceptors (Lipinski definition) is 3. The normalized spacial score (nSPS) is 13.1. The SMILES string of the molecule is CC1(C)c2ccccc2-c2ccc3c(c21)c1ccccc1n3-c1c(C#N)cccc1-c1cccc(C#N)c1-n1c2ccccc2c2cc3oc4ccccc4c3cc21. The number of fused-ring (bicyclic) bond motifs is 13. The summed E-state index contributed by atoms with van der Waals surface area (Å²) in [6.45, 7) is 4.65. The summed E-state index contributed by atoms with van der Waals surface area (Å²) in [5, 5.41) is 28.4. The van der Waals surface area contributed by atoms with Crippen LogP contribution in [0.2, 0.25) is 0 Å². The van der Waals surface area contributed by atoms with Crippen molar-refractivity contribution in [2.24, 2.45) is 0 Å². The molecule has 0 bridgehead atoms. The Hall–Kier alpha value is -7.86. The second kappa shape index (κ2) is 11.6. The molecule has 270 valence electrons. The Bertz CT molecular complexity index is 3690. The van der Waals surface area contributed by atoms with E-state index in [0.717, 1.165) is 82.7 Å². The zero-order valence-corrected chi connectivity index (χ0v) is 31.7. The summed E-state index contributed by atoms with van der Waals surface area (Å²) in [6.07, 6.45) is 0. The second-order valence-corrected chi connectivity index (χ2v) is 15.8. The van der Waals surface area contributed by atoms with Crippen LogP contribution in [0.25, 0.3) is 99.2 Å². The minimum absolute atomic E-state index is 0.242. The van der Waals surface area contributed by atoms with Crippen LogP contribution >= 0.6 is 0 Å². The highest BCUT2D eigenvalue weighted by Gasteiger charge is 2.38. The Morgan fingerprint density at radius 1 is 0.448 bits per heavy atom. The van der Waals surface area contributed by atoms with Gasteiger partial charge in [-0.05, 0) is 70.8 Å². The molecule has 0 radical (unpaired) electrons. The molecule has 0 aliphatic heterocycles. The third kappa shape index (κ3) is 4.12. The first kappa shape index (κ1) is 32.4. The Morgan fingerprint density at radius 3 is 1.76 bits per heavy atom. The van der Waals surface area contributed by atoms with Gasteiger partial charge in [0.25, 0.3) is 0 Å². The zero-order chi connectivity index (χ0) is 38.9. The zero-order valence-electron chi connectivity index (χ0n) is 31.7. The summed E-state index contributed by atoms with van der Waals surface area (Å²) in [6, 6.07) is 59.6. The lowest BCUT2D eigenvalue weighted by molar-refractivity contribution is 0.666. The van der Waals surface area contributed by atoms with Crippen molar-refractivity contribution in [3.63, 3.8) is 0 Å². The summed E-state index contributed by atoms with van der Waals surface area (Å²) in [7, 11) is 0. The van der Waals surface area contributed by atoms with Gasteiger partial charge in [0.05, 0.1) is 44.6 Å². The number of furan rings is 1. The molecule has 0 N–H and O–H groups in total. The van der Waals surface area contributed by atoms with Crippen LogP contribution in [0, 0.1) is 22.7 Å². The predicted octanol–water partition coefficient (Wildman–Crippen LogP) is 13.5. The van der Waals surface area contributed by atoms with E-state index in [1.807, 2.05) is 48.5 Å². The fraction of sp³-hybridized carbons (Fsp3) is 0.0566. The summed E-state index contributed by atoms with van der Waals surface area (Å²) >= 11 is 0. The lowest BCUT2D eigenvalue weighted by Gasteiger charge is -2.23. The summed E-state index contributed by atoms with van der Waals surface area (Å²) in [4.78, 5) is 0. The second-order valence-electron chi connectivity index (χ2n) is 15.8. The van der Waals surface area contributed by atoms with Gasteiger partial charge in [-0.15, -0.1) is 0 Å². The molecule has 0 atom stereocenters. The van der Waals surface area contributed by atoms with Crippen LogP contribution in [0.1, 0.15) is 36.1 Å². The van der Waals surface area contributed by atoms with Crippen molar-refractivity contribution in [2.75, 3.05) is 0 Å². The molecule has 1 aliphatic rings. The molecule has 8 aromatic carbocycles. The topological polar surface area (TPSA) is 70.6 Å². The van der Waals surface area contributed by atoms with Crippen molar-refractivity contribution < 1.29 is 4.42 Å². The average Bonchev–Trinajstić information content (AvgIpc) is 3.97. The van der Waals surface area contributed by atoms with E-state index in [-0.39, 0.29) is 5.41 Å². The van der Waals surface area contributed by atoms with Gasteiger partial charge in [0.15, 0.2) is 0 Å². The molecule has 3 heterocycles. The molecule has 0 fully saturated rings. The molecule has 5 heteroatoms. The molecular weight excluding hydrogens is 709 g/mol. The molecule has 0 saturated heterocycles. The summed E-state index contributed by atoms with van der Waals surface area (Å²) in [5.41, 5.74) is 14.9. The van der Waals surface area contributed by atoms with E-state index in [4.69, 9.17) is 4.42 Å². The Balaban J connectivity index is 1.21. The highest BCUT2D eigenvalue weighted by molar-refractivity contribution is 6.18. The number of nitriles is 2. The Labute approximate surface area is 333 Å². The smallest absolute Gasteiger partial charge is 0.136 e. The first-order valence-electron chi connectivity index (χ1n) is 19.6. The highest BCUT2D eigenvalue weighted by atomic mass is 16.3. The van der Waals surface area contributed by atoms with Gasteiger partial charge in [0.1, 0.15) is 23.3 Å². The fourth-order valence-electron chi connectivity index (χ4n) is 10.2. The molecule has 0 saturated carbocycles. The quantitative estimate of drug-likeness (QED) is 0.181. The minimum atomic E-state index is -0.242. The lowest BCUT2D eigenvalue weighted by atomic mass is 9.80. The van der Waals surface area contributed by atoms with Crippen LogP contribution in [-0.4, -0.2) is 9.13 Å². The number of nitrogens with zero attached hydrogens (tertiary/aromatic N) is 4. The third-order valence-electron chi connectivity index (χ3n) is 12.6. The Kier molecular flexibility index (Phi) is 6.47. The third-order valence-corrected chi connectivity index (χ3v) is 12.6. The number of hydrogen-bond donors (Lipinski definition) is 0. The fourth-order valence-corrected chi connectivity index (χ4v) is 10.2. The van der Waals surface area contributed by atoms with Gasteiger partial charge >= 0.3 is 0 Å². The van der Waals surface area contributed by atoms with Crippen LogP contribution in [0.3, 0.4) is 0 Å².